The number of cyclic esters (lactones) is 1. The Morgan fingerprint density at radius 2 is 1.85 bits per heavy atom. The average Bonchev–Trinajstić information content (AvgIpc) is 3.04. The molecule has 0 spiro atoms. The first-order chi connectivity index (χ1) is 22.3. The van der Waals surface area contributed by atoms with Gasteiger partial charge in [0.25, 0.3) is 5.91 Å². The Hall–Kier alpha value is -4.08. The lowest BCUT2D eigenvalue weighted by Gasteiger charge is -2.36. The molecule has 16 heteroatoms. The van der Waals surface area contributed by atoms with E-state index in [1.165, 1.54) is 13.1 Å². The number of ether oxygens (including phenoxy) is 1. The van der Waals surface area contributed by atoms with Crippen molar-refractivity contribution in [3.63, 3.8) is 0 Å². The largest absolute Gasteiger partial charge is 0.481 e. The summed E-state index contributed by atoms with van der Waals surface area (Å²) in [6.07, 6.45) is 5.33. The highest BCUT2D eigenvalue weighted by Gasteiger charge is 2.40. The Morgan fingerprint density at radius 3 is 2.53 bits per heavy atom. The van der Waals surface area contributed by atoms with Crippen molar-refractivity contribution in [1.29, 1.82) is 0 Å². The van der Waals surface area contributed by atoms with Crippen molar-refractivity contribution in [3.8, 4) is 0 Å². The first-order valence-electron chi connectivity index (χ1n) is 16.6. The van der Waals surface area contributed by atoms with Gasteiger partial charge in [0.2, 0.25) is 23.6 Å². The van der Waals surface area contributed by atoms with E-state index in [0.29, 0.717) is 32.2 Å². The van der Waals surface area contributed by atoms with Gasteiger partial charge in [0.05, 0.1) is 5.92 Å². The van der Waals surface area contributed by atoms with Gasteiger partial charge in [0.15, 0.2) is 0 Å². The lowest BCUT2D eigenvalue weighted by molar-refractivity contribution is -0.162. The zero-order valence-corrected chi connectivity index (χ0v) is 27.7. The van der Waals surface area contributed by atoms with E-state index in [9.17, 15) is 38.7 Å². The molecule has 262 valence electrons. The molecule has 6 atom stereocenters. The van der Waals surface area contributed by atoms with Crippen LogP contribution in [0.5, 0.6) is 0 Å². The molecule has 0 saturated carbocycles. The van der Waals surface area contributed by atoms with E-state index in [1.54, 1.807) is 0 Å². The van der Waals surface area contributed by atoms with Gasteiger partial charge in [-0.2, -0.15) is 5.10 Å². The fourth-order valence-corrected chi connectivity index (χ4v) is 5.78. The minimum absolute atomic E-state index is 0.0389. The molecule has 3 rings (SSSR count). The van der Waals surface area contributed by atoms with Crippen LogP contribution < -0.4 is 21.4 Å². The van der Waals surface area contributed by atoms with Gasteiger partial charge in [-0.1, -0.05) is 40.0 Å². The third-order valence-electron chi connectivity index (χ3n) is 8.41. The molecule has 0 aromatic rings. The molecular weight excluding hydrogens is 614 g/mol. The number of carboxylic acids is 1. The number of carbonyl (C=O) groups excluding carboxylic acids is 6. The minimum atomic E-state index is -1.46. The van der Waals surface area contributed by atoms with Crippen molar-refractivity contribution >= 4 is 47.7 Å². The van der Waals surface area contributed by atoms with Gasteiger partial charge in [-0.3, -0.25) is 33.8 Å². The second-order valence-electron chi connectivity index (χ2n) is 12.8. The predicted octanol–water partition coefficient (Wildman–Crippen LogP) is 0.207. The molecule has 0 aromatic carbocycles. The molecule has 2 unspecified atom stereocenters. The van der Waals surface area contributed by atoms with Gasteiger partial charge in [-0.25, -0.2) is 15.2 Å². The SMILES string of the molecule is CCCCCC(CC(=O)N1N=CCCC1C(=O)N[C@H]1COC(=O)[C@H]2CCCNN2C(=O)[C@H](C)NC(=O)[C@@H](CC(C)C)NC1=O)C(=O)O. The molecule has 16 nitrogen and oxygen atoms in total. The topological polar surface area (TPSA) is 216 Å². The highest BCUT2D eigenvalue weighted by Crippen LogP contribution is 2.21. The number of carbonyl (C=O) groups is 7. The summed E-state index contributed by atoms with van der Waals surface area (Å²) in [5.74, 6) is -6.25. The first kappa shape index (κ1) is 37.4. The van der Waals surface area contributed by atoms with Crippen LogP contribution in [-0.2, 0) is 38.3 Å². The molecule has 0 aliphatic carbocycles. The summed E-state index contributed by atoms with van der Waals surface area (Å²) < 4.78 is 5.49. The normalized spacial score (nSPS) is 26.5. The summed E-state index contributed by atoms with van der Waals surface area (Å²) in [7, 11) is 0. The Kier molecular flexibility index (Phi) is 14.1. The van der Waals surface area contributed by atoms with Crippen LogP contribution >= 0.6 is 0 Å². The lowest BCUT2D eigenvalue weighted by atomic mass is 9.97. The first-order valence-corrected chi connectivity index (χ1v) is 16.6. The number of rotatable bonds is 11. The summed E-state index contributed by atoms with van der Waals surface area (Å²) in [5.41, 5.74) is 2.89. The summed E-state index contributed by atoms with van der Waals surface area (Å²) in [6.45, 7) is 7.00. The van der Waals surface area contributed by atoms with E-state index in [-0.39, 0.29) is 31.6 Å². The molecule has 3 aliphatic heterocycles. The fraction of sp³-hybridized carbons (Fsp3) is 0.742. The number of hydrogen-bond acceptors (Lipinski definition) is 10. The van der Waals surface area contributed by atoms with Gasteiger partial charge >= 0.3 is 11.9 Å². The Bertz CT molecular complexity index is 1210. The van der Waals surface area contributed by atoms with E-state index in [4.69, 9.17) is 4.74 Å². The zero-order chi connectivity index (χ0) is 34.7. The van der Waals surface area contributed by atoms with Crippen LogP contribution in [-0.4, -0.2) is 106 Å². The van der Waals surface area contributed by atoms with Gasteiger partial charge < -0.3 is 25.8 Å². The van der Waals surface area contributed by atoms with E-state index in [0.717, 1.165) is 22.9 Å². The number of aliphatic carboxylic acids is 1. The van der Waals surface area contributed by atoms with E-state index < -0.39 is 84.2 Å². The minimum Gasteiger partial charge on any atom is -0.481 e. The molecule has 2 saturated heterocycles. The molecule has 0 bridgehead atoms. The Balaban J connectivity index is 1.84. The van der Waals surface area contributed by atoms with Crippen LogP contribution in [0.1, 0.15) is 91.9 Å². The lowest BCUT2D eigenvalue weighted by Crippen LogP contribution is -2.61. The molecule has 3 aliphatic rings. The van der Waals surface area contributed by atoms with Crippen LogP contribution in [0, 0.1) is 11.8 Å². The quantitative estimate of drug-likeness (QED) is 0.150. The highest BCUT2D eigenvalue weighted by molar-refractivity contribution is 5.97. The van der Waals surface area contributed by atoms with Crippen molar-refractivity contribution in [1.82, 2.24) is 31.4 Å². The highest BCUT2D eigenvalue weighted by atomic mass is 16.5. The number of hydrazone groups is 1. The van der Waals surface area contributed by atoms with Crippen LogP contribution in [0.3, 0.4) is 0 Å². The molecule has 0 radical (unpaired) electrons. The molecule has 0 aromatic heterocycles. The van der Waals surface area contributed by atoms with Crippen molar-refractivity contribution < 1.29 is 43.4 Å². The van der Waals surface area contributed by atoms with Gasteiger partial charge in [-0.05, 0) is 51.4 Å². The van der Waals surface area contributed by atoms with Crippen LogP contribution in [0.2, 0.25) is 0 Å². The Morgan fingerprint density at radius 1 is 1.11 bits per heavy atom. The summed E-state index contributed by atoms with van der Waals surface area (Å²) >= 11 is 0. The maximum Gasteiger partial charge on any atom is 0.330 e. The van der Waals surface area contributed by atoms with E-state index in [2.05, 4.69) is 26.5 Å². The smallest absolute Gasteiger partial charge is 0.330 e. The third-order valence-corrected chi connectivity index (χ3v) is 8.41. The average molecular weight is 664 g/mol. The van der Waals surface area contributed by atoms with E-state index >= 15 is 0 Å². The summed E-state index contributed by atoms with van der Waals surface area (Å²) in [6, 6.07) is -5.73. The summed E-state index contributed by atoms with van der Waals surface area (Å²) in [4.78, 5) is 92.1. The molecule has 5 amide bonds. The molecule has 2 fully saturated rings. The number of carboxylic acid groups (broad SMARTS) is 1. The number of amides is 5. The number of nitrogens with zero attached hydrogens (tertiary/aromatic N) is 3. The molecular formula is C31H49N7O9. The predicted molar refractivity (Wildman–Crippen MR) is 168 cm³/mol. The molecule has 47 heavy (non-hydrogen) atoms. The standard InChI is InChI=1S/C31H49N7O9/c1-5-6-7-10-20(30(44)45)16-25(39)37-23(11-8-13-32-37)28(42)36-22-17-47-31(46)24-12-9-14-33-38(24)29(43)19(4)34-26(40)21(15-18(2)3)35-27(22)41/h13,18-24,33H,5-12,14-17H2,1-4H3,(H,34,40)(H,35,41)(H,36,42)(H,44,45)/t19-,20?,21+,22-,23?,24+/m0/s1. The van der Waals surface area contributed by atoms with Crippen molar-refractivity contribution in [3.05, 3.63) is 0 Å². The van der Waals surface area contributed by atoms with Crippen molar-refractivity contribution in [2.75, 3.05) is 13.2 Å². The number of fused-ring (bicyclic) bond motifs is 1. The summed E-state index contributed by atoms with van der Waals surface area (Å²) in [5, 5.41) is 23.7. The third kappa shape index (κ3) is 10.5. The second kappa shape index (κ2) is 17.7. The number of nitrogens with one attached hydrogen (secondary N) is 4. The van der Waals surface area contributed by atoms with Crippen LogP contribution in [0.15, 0.2) is 5.10 Å². The molecule has 3 heterocycles. The van der Waals surface area contributed by atoms with Crippen LogP contribution in [0.25, 0.3) is 0 Å². The van der Waals surface area contributed by atoms with Crippen LogP contribution in [0.4, 0.5) is 0 Å². The number of esters is 1. The maximum atomic E-state index is 13.6. The van der Waals surface area contributed by atoms with Crippen molar-refractivity contribution in [2.24, 2.45) is 16.9 Å². The monoisotopic (exact) mass is 663 g/mol. The van der Waals surface area contributed by atoms with E-state index in [1.807, 2.05) is 20.8 Å². The Labute approximate surface area is 274 Å². The second-order valence-corrected chi connectivity index (χ2v) is 12.8. The molecule has 5 N–H and O–H groups in total. The zero-order valence-electron chi connectivity index (χ0n) is 27.7. The fourth-order valence-electron chi connectivity index (χ4n) is 5.78. The van der Waals surface area contributed by atoms with Gasteiger partial charge in [0.1, 0.15) is 36.8 Å². The number of hydrazine groups is 1. The maximum absolute atomic E-state index is 13.6. The number of hydrogen-bond donors (Lipinski definition) is 5. The van der Waals surface area contributed by atoms with Gasteiger partial charge in [-0.15, -0.1) is 0 Å². The van der Waals surface area contributed by atoms with Crippen molar-refractivity contribution in [2.45, 2.75) is 122 Å². The van der Waals surface area contributed by atoms with Gasteiger partial charge in [0, 0.05) is 19.2 Å². The number of unbranched alkanes of at least 4 members (excludes halogenated alkanes) is 2.